The van der Waals surface area contributed by atoms with Gasteiger partial charge in [0.15, 0.2) is 0 Å². The monoisotopic (exact) mass is 239 g/mol. The Balaban J connectivity index is 2.41. The number of nitrogens with zero attached hydrogens (tertiary/aromatic N) is 1. The second-order valence-corrected chi connectivity index (χ2v) is 4.06. The minimum absolute atomic E-state index is 0.615. The summed E-state index contributed by atoms with van der Waals surface area (Å²) in [6.07, 6.45) is 1.61. The molecule has 18 heavy (non-hydrogen) atoms. The molecule has 90 valence electrons. The molecule has 4 heteroatoms. The van der Waals surface area contributed by atoms with Crippen LogP contribution in [0.5, 0.6) is 5.75 Å². The number of fused-ring (bicyclic) bond motifs is 1. The van der Waals surface area contributed by atoms with Crippen LogP contribution in [0.1, 0.15) is 0 Å². The highest BCUT2D eigenvalue weighted by atomic mass is 16.5. The summed E-state index contributed by atoms with van der Waals surface area (Å²) in [6.45, 7) is 0. The Morgan fingerprint density at radius 2 is 2.00 bits per heavy atom. The van der Waals surface area contributed by atoms with Gasteiger partial charge in [0.25, 0.3) is 0 Å². The SMILES string of the molecule is COc1ccc2ccccc2c1-c1[nH]ncc1N. The fourth-order valence-electron chi connectivity index (χ4n) is 2.18. The number of hydrogen-bond donors (Lipinski definition) is 2. The lowest BCUT2D eigenvalue weighted by atomic mass is 10.0. The molecular formula is C14H13N3O. The highest BCUT2D eigenvalue weighted by molar-refractivity contribution is 6.01. The number of nitrogen functional groups attached to an aromatic ring is 1. The number of aromatic nitrogens is 2. The molecule has 0 radical (unpaired) electrons. The number of ether oxygens (including phenoxy) is 1. The molecule has 3 aromatic rings. The lowest BCUT2D eigenvalue weighted by molar-refractivity contribution is 0.417. The van der Waals surface area contributed by atoms with E-state index in [9.17, 15) is 0 Å². The van der Waals surface area contributed by atoms with E-state index in [1.165, 1.54) is 0 Å². The third-order valence-corrected chi connectivity index (χ3v) is 3.03. The average Bonchev–Trinajstić information content (AvgIpc) is 2.83. The Hall–Kier alpha value is -2.49. The molecule has 4 nitrogen and oxygen atoms in total. The number of hydrogen-bond acceptors (Lipinski definition) is 3. The summed E-state index contributed by atoms with van der Waals surface area (Å²) in [5.74, 6) is 0.782. The first-order chi connectivity index (χ1) is 8.81. The van der Waals surface area contributed by atoms with Crippen LogP contribution in [0.3, 0.4) is 0 Å². The molecule has 0 aliphatic carbocycles. The molecular weight excluding hydrogens is 226 g/mol. The summed E-state index contributed by atoms with van der Waals surface area (Å²) < 4.78 is 5.43. The zero-order valence-corrected chi connectivity index (χ0v) is 9.97. The van der Waals surface area contributed by atoms with Crippen LogP contribution in [-0.2, 0) is 0 Å². The summed E-state index contributed by atoms with van der Waals surface area (Å²) in [7, 11) is 1.65. The molecule has 0 aliphatic rings. The summed E-state index contributed by atoms with van der Waals surface area (Å²) in [6, 6.07) is 12.1. The van der Waals surface area contributed by atoms with Crippen molar-refractivity contribution in [3.63, 3.8) is 0 Å². The molecule has 1 heterocycles. The van der Waals surface area contributed by atoms with Gasteiger partial charge in [-0.1, -0.05) is 30.3 Å². The van der Waals surface area contributed by atoms with Crippen molar-refractivity contribution in [2.75, 3.05) is 12.8 Å². The van der Waals surface area contributed by atoms with E-state index in [2.05, 4.69) is 16.3 Å². The van der Waals surface area contributed by atoms with Gasteiger partial charge < -0.3 is 10.5 Å². The van der Waals surface area contributed by atoms with E-state index < -0.39 is 0 Å². The standard InChI is InChI=1S/C14H13N3O/c1-18-12-7-6-9-4-2-3-5-10(9)13(12)14-11(15)8-16-17-14/h2-8H,15H2,1H3,(H,16,17). The smallest absolute Gasteiger partial charge is 0.128 e. The van der Waals surface area contributed by atoms with Crippen molar-refractivity contribution in [2.24, 2.45) is 0 Å². The van der Waals surface area contributed by atoms with E-state index in [0.717, 1.165) is 27.8 Å². The van der Waals surface area contributed by atoms with Gasteiger partial charge in [-0.15, -0.1) is 0 Å². The molecule has 0 saturated heterocycles. The maximum Gasteiger partial charge on any atom is 0.128 e. The van der Waals surface area contributed by atoms with Gasteiger partial charge in [-0.2, -0.15) is 5.10 Å². The zero-order chi connectivity index (χ0) is 12.5. The second-order valence-electron chi connectivity index (χ2n) is 4.06. The predicted octanol–water partition coefficient (Wildman–Crippen LogP) is 2.82. The number of methoxy groups -OCH3 is 1. The maximum atomic E-state index is 5.94. The fraction of sp³-hybridized carbons (Fsp3) is 0.0714. The number of benzene rings is 2. The normalized spacial score (nSPS) is 10.7. The quantitative estimate of drug-likeness (QED) is 0.722. The molecule has 0 atom stereocenters. The highest BCUT2D eigenvalue weighted by Gasteiger charge is 2.14. The molecule has 0 amide bonds. The number of nitrogens with two attached hydrogens (primary N) is 1. The molecule has 0 aliphatic heterocycles. The van der Waals surface area contributed by atoms with E-state index in [1.54, 1.807) is 13.3 Å². The predicted molar refractivity (Wildman–Crippen MR) is 72.5 cm³/mol. The molecule has 0 saturated carbocycles. The van der Waals surface area contributed by atoms with Crippen molar-refractivity contribution in [3.05, 3.63) is 42.6 Å². The Labute approximate surface area is 104 Å². The number of nitrogens with one attached hydrogen (secondary N) is 1. The van der Waals surface area contributed by atoms with Crippen LogP contribution in [-0.4, -0.2) is 17.3 Å². The van der Waals surface area contributed by atoms with Crippen LogP contribution in [0.4, 0.5) is 5.69 Å². The minimum Gasteiger partial charge on any atom is -0.496 e. The van der Waals surface area contributed by atoms with Crippen LogP contribution in [0, 0.1) is 0 Å². The number of H-pyrrole nitrogens is 1. The summed E-state index contributed by atoms with van der Waals surface area (Å²) in [5.41, 5.74) is 8.30. The van der Waals surface area contributed by atoms with Gasteiger partial charge in [-0.25, -0.2) is 0 Å². The molecule has 0 bridgehead atoms. The van der Waals surface area contributed by atoms with Crippen molar-refractivity contribution in [1.82, 2.24) is 10.2 Å². The molecule has 3 N–H and O–H groups in total. The maximum absolute atomic E-state index is 5.94. The van der Waals surface area contributed by atoms with Gasteiger partial charge in [0.05, 0.1) is 30.3 Å². The minimum atomic E-state index is 0.615. The van der Waals surface area contributed by atoms with Crippen molar-refractivity contribution in [1.29, 1.82) is 0 Å². The van der Waals surface area contributed by atoms with Crippen LogP contribution in [0.15, 0.2) is 42.6 Å². The highest BCUT2D eigenvalue weighted by Crippen LogP contribution is 2.38. The fourth-order valence-corrected chi connectivity index (χ4v) is 2.18. The molecule has 0 unspecified atom stereocenters. The van der Waals surface area contributed by atoms with Crippen LogP contribution in [0.25, 0.3) is 22.0 Å². The van der Waals surface area contributed by atoms with Crippen molar-refractivity contribution >= 4 is 16.5 Å². The van der Waals surface area contributed by atoms with Gasteiger partial charge in [-0.3, -0.25) is 5.10 Å². The molecule has 0 fully saturated rings. The number of rotatable bonds is 2. The third kappa shape index (κ3) is 1.50. The summed E-state index contributed by atoms with van der Waals surface area (Å²) in [5, 5.41) is 9.14. The van der Waals surface area contributed by atoms with Crippen molar-refractivity contribution in [2.45, 2.75) is 0 Å². The average molecular weight is 239 g/mol. The van der Waals surface area contributed by atoms with Gasteiger partial charge >= 0.3 is 0 Å². The Morgan fingerprint density at radius 1 is 1.17 bits per heavy atom. The Kier molecular flexibility index (Phi) is 2.41. The second kappa shape index (κ2) is 4.07. The lowest BCUT2D eigenvalue weighted by Gasteiger charge is -2.11. The molecule has 2 aromatic carbocycles. The first-order valence-electron chi connectivity index (χ1n) is 5.66. The summed E-state index contributed by atoms with van der Waals surface area (Å²) in [4.78, 5) is 0. The first-order valence-corrected chi connectivity index (χ1v) is 5.66. The van der Waals surface area contributed by atoms with E-state index in [0.29, 0.717) is 5.69 Å². The van der Waals surface area contributed by atoms with E-state index in [1.807, 2.05) is 30.3 Å². The van der Waals surface area contributed by atoms with Crippen molar-refractivity contribution in [3.8, 4) is 17.0 Å². The van der Waals surface area contributed by atoms with E-state index >= 15 is 0 Å². The Morgan fingerprint density at radius 3 is 2.72 bits per heavy atom. The molecule has 1 aromatic heterocycles. The van der Waals surface area contributed by atoms with E-state index in [4.69, 9.17) is 10.5 Å². The van der Waals surface area contributed by atoms with Crippen LogP contribution >= 0.6 is 0 Å². The van der Waals surface area contributed by atoms with Crippen LogP contribution in [0.2, 0.25) is 0 Å². The topological polar surface area (TPSA) is 63.9 Å². The van der Waals surface area contributed by atoms with Crippen LogP contribution < -0.4 is 10.5 Å². The molecule has 3 rings (SSSR count). The summed E-state index contributed by atoms with van der Waals surface area (Å²) >= 11 is 0. The number of aromatic amines is 1. The molecule has 0 spiro atoms. The first kappa shape index (κ1) is 10.7. The van der Waals surface area contributed by atoms with E-state index in [-0.39, 0.29) is 0 Å². The largest absolute Gasteiger partial charge is 0.496 e. The lowest BCUT2D eigenvalue weighted by Crippen LogP contribution is -1.93. The number of anilines is 1. The third-order valence-electron chi connectivity index (χ3n) is 3.03. The van der Waals surface area contributed by atoms with Gasteiger partial charge in [0, 0.05) is 0 Å². The zero-order valence-electron chi connectivity index (χ0n) is 9.97. The van der Waals surface area contributed by atoms with Crippen molar-refractivity contribution < 1.29 is 4.74 Å². The van der Waals surface area contributed by atoms with Gasteiger partial charge in [-0.05, 0) is 16.8 Å². The Bertz CT molecular complexity index is 703. The van der Waals surface area contributed by atoms with Gasteiger partial charge in [0.1, 0.15) is 5.75 Å². The van der Waals surface area contributed by atoms with Gasteiger partial charge in [0.2, 0.25) is 0 Å².